The SMILES string of the molecule is O=C(O)CCC1CCCCN1c1ncnc2c1CCCC2. The molecule has 1 aliphatic carbocycles. The number of nitrogens with zero attached hydrogens (tertiary/aromatic N) is 3. The van der Waals surface area contributed by atoms with Crippen molar-refractivity contribution >= 4 is 11.8 Å². The molecule has 1 fully saturated rings. The van der Waals surface area contributed by atoms with Crippen LogP contribution in [0.1, 0.15) is 56.2 Å². The van der Waals surface area contributed by atoms with E-state index in [0.717, 1.165) is 31.6 Å². The summed E-state index contributed by atoms with van der Waals surface area (Å²) >= 11 is 0. The maximum atomic E-state index is 10.9. The van der Waals surface area contributed by atoms with Crippen LogP contribution in [0.25, 0.3) is 0 Å². The van der Waals surface area contributed by atoms with Gasteiger partial charge in [0.2, 0.25) is 0 Å². The first-order chi connectivity index (χ1) is 10.3. The van der Waals surface area contributed by atoms with Crippen LogP contribution in [-0.4, -0.2) is 33.6 Å². The highest BCUT2D eigenvalue weighted by Crippen LogP contribution is 2.32. The minimum Gasteiger partial charge on any atom is -0.481 e. The van der Waals surface area contributed by atoms with Crippen LogP contribution in [0.15, 0.2) is 6.33 Å². The number of aliphatic carboxylic acids is 1. The first-order valence-electron chi connectivity index (χ1n) is 8.07. The molecule has 0 bridgehead atoms. The van der Waals surface area contributed by atoms with Crippen LogP contribution in [0.3, 0.4) is 0 Å². The van der Waals surface area contributed by atoms with Crippen molar-refractivity contribution in [2.75, 3.05) is 11.4 Å². The summed E-state index contributed by atoms with van der Waals surface area (Å²) in [7, 11) is 0. The minimum atomic E-state index is -0.703. The first-order valence-corrected chi connectivity index (χ1v) is 8.07. The van der Waals surface area contributed by atoms with Gasteiger partial charge in [-0.3, -0.25) is 4.79 Å². The number of aromatic nitrogens is 2. The highest BCUT2D eigenvalue weighted by molar-refractivity contribution is 5.66. The second kappa shape index (κ2) is 6.41. The van der Waals surface area contributed by atoms with Gasteiger partial charge in [-0.1, -0.05) is 0 Å². The highest BCUT2D eigenvalue weighted by atomic mass is 16.4. The summed E-state index contributed by atoms with van der Waals surface area (Å²) in [5, 5.41) is 8.95. The van der Waals surface area contributed by atoms with Gasteiger partial charge in [-0.2, -0.15) is 0 Å². The Morgan fingerprint density at radius 3 is 2.95 bits per heavy atom. The van der Waals surface area contributed by atoms with Gasteiger partial charge in [-0.15, -0.1) is 0 Å². The molecule has 1 aromatic rings. The van der Waals surface area contributed by atoms with E-state index in [0.29, 0.717) is 12.5 Å². The van der Waals surface area contributed by atoms with Crippen molar-refractivity contribution in [1.29, 1.82) is 0 Å². The van der Waals surface area contributed by atoms with Gasteiger partial charge in [0.15, 0.2) is 0 Å². The van der Waals surface area contributed by atoms with Gasteiger partial charge in [0.05, 0.1) is 0 Å². The molecule has 5 nitrogen and oxygen atoms in total. The Morgan fingerprint density at radius 1 is 1.24 bits per heavy atom. The Balaban J connectivity index is 1.84. The molecule has 114 valence electrons. The van der Waals surface area contributed by atoms with Crippen molar-refractivity contribution < 1.29 is 9.90 Å². The average molecular weight is 289 g/mol. The number of carboxylic acids is 1. The minimum absolute atomic E-state index is 0.244. The van der Waals surface area contributed by atoms with Gasteiger partial charge < -0.3 is 10.0 Å². The Labute approximate surface area is 125 Å². The largest absolute Gasteiger partial charge is 0.481 e. The van der Waals surface area contributed by atoms with Crippen molar-refractivity contribution in [3.8, 4) is 0 Å². The number of hydrogen-bond acceptors (Lipinski definition) is 4. The second-order valence-corrected chi connectivity index (χ2v) is 6.11. The Hall–Kier alpha value is -1.65. The van der Waals surface area contributed by atoms with Crippen LogP contribution in [0, 0.1) is 0 Å². The van der Waals surface area contributed by atoms with Crippen molar-refractivity contribution in [2.45, 2.75) is 63.8 Å². The topological polar surface area (TPSA) is 66.3 Å². The van der Waals surface area contributed by atoms with Crippen LogP contribution >= 0.6 is 0 Å². The lowest BCUT2D eigenvalue weighted by Crippen LogP contribution is -2.41. The molecule has 0 saturated carbocycles. The van der Waals surface area contributed by atoms with Crippen molar-refractivity contribution in [1.82, 2.24) is 9.97 Å². The van der Waals surface area contributed by atoms with E-state index >= 15 is 0 Å². The standard InChI is InChI=1S/C16H23N3O2/c20-15(21)9-8-12-5-3-4-10-19(12)16-13-6-1-2-7-14(13)17-11-18-16/h11-12H,1-10H2,(H,20,21). The van der Waals surface area contributed by atoms with E-state index in [1.165, 1.54) is 36.9 Å². The molecule has 2 heterocycles. The summed E-state index contributed by atoms with van der Waals surface area (Å²) in [6.07, 6.45) is 10.6. The molecule has 3 rings (SSSR count). The lowest BCUT2D eigenvalue weighted by Gasteiger charge is -2.38. The third kappa shape index (κ3) is 3.17. The van der Waals surface area contributed by atoms with Crippen LogP contribution in [0.5, 0.6) is 0 Å². The highest BCUT2D eigenvalue weighted by Gasteiger charge is 2.27. The van der Waals surface area contributed by atoms with Gasteiger partial charge in [-0.25, -0.2) is 9.97 Å². The fourth-order valence-electron chi connectivity index (χ4n) is 3.62. The van der Waals surface area contributed by atoms with E-state index in [1.54, 1.807) is 6.33 Å². The van der Waals surface area contributed by atoms with E-state index in [2.05, 4.69) is 14.9 Å². The second-order valence-electron chi connectivity index (χ2n) is 6.11. The van der Waals surface area contributed by atoms with Crippen molar-refractivity contribution in [3.63, 3.8) is 0 Å². The van der Waals surface area contributed by atoms with Gasteiger partial charge in [-0.05, 0) is 51.4 Å². The number of hydrogen-bond donors (Lipinski definition) is 1. The zero-order valence-electron chi connectivity index (χ0n) is 12.4. The van der Waals surface area contributed by atoms with Gasteiger partial charge in [0.25, 0.3) is 0 Å². The number of anilines is 1. The molecule has 0 aromatic carbocycles. The summed E-state index contributed by atoms with van der Waals surface area (Å²) in [4.78, 5) is 22.2. The van der Waals surface area contributed by atoms with E-state index in [-0.39, 0.29) is 6.42 Å². The molecule has 1 aliphatic heterocycles. The normalized spacial score (nSPS) is 21.9. The summed E-state index contributed by atoms with van der Waals surface area (Å²) < 4.78 is 0. The summed E-state index contributed by atoms with van der Waals surface area (Å²) in [6.45, 7) is 0.994. The molecule has 0 spiro atoms. The molecule has 5 heteroatoms. The molecule has 1 atom stereocenters. The van der Waals surface area contributed by atoms with Crippen molar-refractivity contribution in [2.24, 2.45) is 0 Å². The molecule has 0 amide bonds. The van der Waals surface area contributed by atoms with Gasteiger partial charge >= 0.3 is 5.97 Å². The van der Waals surface area contributed by atoms with Crippen LogP contribution in [0.2, 0.25) is 0 Å². The molecular formula is C16H23N3O2. The number of piperidine rings is 1. The third-order valence-corrected chi connectivity index (χ3v) is 4.69. The summed E-state index contributed by atoms with van der Waals surface area (Å²) in [5.41, 5.74) is 2.51. The van der Waals surface area contributed by atoms with Gasteiger partial charge in [0, 0.05) is 30.3 Å². The fourth-order valence-corrected chi connectivity index (χ4v) is 3.62. The smallest absolute Gasteiger partial charge is 0.303 e. The number of carboxylic acid groups (broad SMARTS) is 1. The number of aryl methyl sites for hydroxylation is 1. The molecule has 0 radical (unpaired) electrons. The van der Waals surface area contributed by atoms with E-state index in [4.69, 9.17) is 5.11 Å². The predicted octanol–water partition coefficient (Wildman–Crippen LogP) is 2.58. The summed E-state index contributed by atoms with van der Waals surface area (Å²) in [6, 6.07) is 0.316. The van der Waals surface area contributed by atoms with E-state index < -0.39 is 5.97 Å². The van der Waals surface area contributed by atoms with Crippen molar-refractivity contribution in [3.05, 3.63) is 17.6 Å². The molecule has 2 aliphatic rings. The molecule has 1 unspecified atom stereocenters. The number of carbonyl (C=O) groups is 1. The molecule has 1 aromatic heterocycles. The quantitative estimate of drug-likeness (QED) is 0.922. The summed E-state index contributed by atoms with van der Waals surface area (Å²) in [5.74, 6) is 0.375. The average Bonchev–Trinajstić information content (AvgIpc) is 2.53. The predicted molar refractivity (Wildman–Crippen MR) is 80.5 cm³/mol. The Morgan fingerprint density at radius 2 is 2.10 bits per heavy atom. The lowest BCUT2D eigenvalue weighted by molar-refractivity contribution is -0.137. The zero-order valence-corrected chi connectivity index (χ0v) is 12.4. The maximum absolute atomic E-state index is 10.9. The number of fused-ring (bicyclic) bond motifs is 1. The molecule has 1 saturated heterocycles. The third-order valence-electron chi connectivity index (χ3n) is 4.69. The lowest BCUT2D eigenvalue weighted by atomic mass is 9.93. The molecule has 21 heavy (non-hydrogen) atoms. The van der Waals surface area contributed by atoms with Crippen LogP contribution < -0.4 is 4.90 Å². The Bertz CT molecular complexity index is 518. The monoisotopic (exact) mass is 289 g/mol. The maximum Gasteiger partial charge on any atom is 0.303 e. The van der Waals surface area contributed by atoms with Crippen LogP contribution in [0.4, 0.5) is 5.82 Å². The van der Waals surface area contributed by atoms with E-state index in [1.807, 2.05) is 0 Å². The Kier molecular flexibility index (Phi) is 4.36. The number of rotatable bonds is 4. The first kappa shape index (κ1) is 14.3. The molecular weight excluding hydrogens is 266 g/mol. The van der Waals surface area contributed by atoms with Crippen LogP contribution in [-0.2, 0) is 17.6 Å². The van der Waals surface area contributed by atoms with E-state index in [9.17, 15) is 4.79 Å². The molecule has 1 N–H and O–H groups in total. The zero-order chi connectivity index (χ0) is 14.7. The van der Waals surface area contributed by atoms with Gasteiger partial charge in [0.1, 0.15) is 12.1 Å². The fraction of sp³-hybridized carbons (Fsp3) is 0.688.